The number of anilines is 1. The highest BCUT2D eigenvalue weighted by atomic mass is 32.2. The molecule has 1 saturated carbocycles. The van der Waals surface area contributed by atoms with E-state index in [1.165, 1.54) is 12.1 Å². The Balaban J connectivity index is 1.78. The minimum absolute atomic E-state index is 0.0884. The Bertz CT molecular complexity index is 948. The summed E-state index contributed by atoms with van der Waals surface area (Å²) in [6, 6.07) is 13.7. The van der Waals surface area contributed by atoms with Crippen LogP contribution in [0.4, 0.5) is 5.69 Å². The van der Waals surface area contributed by atoms with Crippen molar-refractivity contribution in [3.8, 4) is 0 Å². The first kappa shape index (κ1) is 20.4. The SMILES string of the molecule is Cc1cccc(NS(=O)(=O)c2cccc(C(=O)N(C)C3CCC(C)CC3)c2)c1. The number of benzene rings is 2. The van der Waals surface area contributed by atoms with Crippen LogP contribution >= 0.6 is 0 Å². The molecule has 150 valence electrons. The van der Waals surface area contributed by atoms with Gasteiger partial charge in [0.1, 0.15) is 0 Å². The first-order chi connectivity index (χ1) is 13.3. The lowest BCUT2D eigenvalue weighted by atomic mass is 9.86. The van der Waals surface area contributed by atoms with Crippen LogP contribution in [0.3, 0.4) is 0 Å². The number of sulfonamides is 1. The molecular weight excluding hydrogens is 372 g/mol. The van der Waals surface area contributed by atoms with E-state index >= 15 is 0 Å². The third-order valence-electron chi connectivity index (χ3n) is 5.52. The van der Waals surface area contributed by atoms with E-state index in [9.17, 15) is 13.2 Å². The quantitative estimate of drug-likeness (QED) is 0.806. The maximum absolute atomic E-state index is 12.9. The summed E-state index contributed by atoms with van der Waals surface area (Å²) in [5.41, 5.74) is 1.87. The molecule has 28 heavy (non-hydrogen) atoms. The molecule has 0 unspecified atom stereocenters. The molecule has 2 aromatic carbocycles. The third kappa shape index (κ3) is 4.73. The molecule has 1 aliphatic carbocycles. The van der Waals surface area contributed by atoms with Crippen molar-refractivity contribution in [2.75, 3.05) is 11.8 Å². The van der Waals surface area contributed by atoms with Gasteiger partial charge < -0.3 is 4.90 Å². The molecule has 0 saturated heterocycles. The van der Waals surface area contributed by atoms with E-state index in [2.05, 4.69) is 11.6 Å². The summed E-state index contributed by atoms with van der Waals surface area (Å²) in [6.07, 6.45) is 4.24. The Hall–Kier alpha value is -2.34. The number of rotatable bonds is 5. The molecule has 0 spiro atoms. The van der Waals surface area contributed by atoms with Crippen molar-refractivity contribution in [1.82, 2.24) is 4.90 Å². The molecule has 5 nitrogen and oxygen atoms in total. The molecule has 0 aliphatic heterocycles. The van der Waals surface area contributed by atoms with E-state index < -0.39 is 10.0 Å². The van der Waals surface area contributed by atoms with Gasteiger partial charge in [-0.1, -0.05) is 25.1 Å². The number of aryl methyl sites for hydroxylation is 1. The first-order valence-corrected chi connectivity index (χ1v) is 11.2. The zero-order chi connectivity index (χ0) is 20.3. The minimum Gasteiger partial charge on any atom is -0.339 e. The van der Waals surface area contributed by atoms with Gasteiger partial charge in [0, 0.05) is 24.3 Å². The highest BCUT2D eigenvalue weighted by Crippen LogP contribution is 2.27. The highest BCUT2D eigenvalue weighted by Gasteiger charge is 2.26. The Morgan fingerprint density at radius 1 is 1.04 bits per heavy atom. The normalized spacial score (nSPS) is 19.8. The van der Waals surface area contributed by atoms with Gasteiger partial charge in [-0.2, -0.15) is 0 Å². The fourth-order valence-corrected chi connectivity index (χ4v) is 4.81. The Morgan fingerprint density at radius 2 is 1.71 bits per heavy atom. The molecule has 0 atom stereocenters. The van der Waals surface area contributed by atoms with Crippen molar-refractivity contribution in [3.05, 3.63) is 59.7 Å². The van der Waals surface area contributed by atoms with E-state index in [0.29, 0.717) is 17.2 Å². The number of hydrogen-bond acceptors (Lipinski definition) is 3. The number of carbonyl (C=O) groups excluding carboxylic acids is 1. The number of carbonyl (C=O) groups is 1. The van der Waals surface area contributed by atoms with Gasteiger partial charge in [-0.15, -0.1) is 0 Å². The molecule has 0 aromatic heterocycles. The monoisotopic (exact) mass is 400 g/mol. The fourth-order valence-electron chi connectivity index (χ4n) is 3.72. The average Bonchev–Trinajstić information content (AvgIpc) is 2.67. The molecule has 1 fully saturated rings. The molecule has 1 N–H and O–H groups in total. The largest absolute Gasteiger partial charge is 0.339 e. The predicted molar refractivity (Wildman–Crippen MR) is 112 cm³/mol. The molecule has 1 amide bonds. The van der Waals surface area contributed by atoms with Gasteiger partial charge in [0.2, 0.25) is 0 Å². The van der Waals surface area contributed by atoms with Crippen molar-refractivity contribution in [1.29, 1.82) is 0 Å². The van der Waals surface area contributed by atoms with Crippen molar-refractivity contribution < 1.29 is 13.2 Å². The van der Waals surface area contributed by atoms with E-state index in [4.69, 9.17) is 0 Å². The number of nitrogens with one attached hydrogen (secondary N) is 1. The van der Waals surface area contributed by atoms with Crippen molar-refractivity contribution >= 4 is 21.6 Å². The Labute approximate surface area is 167 Å². The van der Waals surface area contributed by atoms with Crippen LogP contribution in [0.25, 0.3) is 0 Å². The lowest BCUT2D eigenvalue weighted by Gasteiger charge is -2.33. The maximum atomic E-state index is 12.9. The van der Waals surface area contributed by atoms with Crippen molar-refractivity contribution in [3.63, 3.8) is 0 Å². The summed E-state index contributed by atoms with van der Waals surface area (Å²) in [4.78, 5) is 14.8. The van der Waals surface area contributed by atoms with E-state index in [-0.39, 0.29) is 16.8 Å². The molecular formula is C22H28N2O3S. The van der Waals surface area contributed by atoms with Gasteiger partial charge in [-0.3, -0.25) is 9.52 Å². The molecule has 1 aliphatic rings. The zero-order valence-corrected chi connectivity index (χ0v) is 17.5. The lowest BCUT2D eigenvalue weighted by Crippen LogP contribution is -2.39. The Morgan fingerprint density at radius 3 is 2.39 bits per heavy atom. The topological polar surface area (TPSA) is 66.5 Å². The second-order valence-electron chi connectivity index (χ2n) is 7.83. The average molecular weight is 401 g/mol. The van der Waals surface area contributed by atoms with Gasteiger partial charge in [0.25, 0.3) is 15.9 Å². The molecule has 2 aromatic rings. The van der Waals surface area contributed by atoms with E-state index in [0.717, 1.165) is 31.2 Å². The van der Waals surface area contributed by atoms with Crippen LogP contribution in [0.5, 0.6) is 0 Å². The second kappa shape index (κ2) is 8.35. The molecule has 3 rings (SSSR count). The third-order valence-corrected chi connectivity index (χ3v) is 6.89. The minimum atomic E-state index is -3.76. The van der Waals surface area contributed by atoms with Crippen LogP contribution in [0, 0.1) is 12.8 Å². The predicted octanol–water partition coefficient (Wildman–Crippen LogP) is 4.45. The molecule has 0 radical (unpaired) electrons. The number of nitrogens with zero attached hydrogens (tertiary/aromatic N) is 1. The smallest absolute Gasteiger partial charge is 0.261 e. The number of hydrogen-bond donors (Lipinski definition) is 1. The number of amides is 1. The summed E-state index contributed by atoms with van der Waals surface area (Å²) in [6.45, 7) is 4.15. The van der Waals surface area contributed by atoms with Gasteiger partial charge in [-0.25, -0.2) is 8.42 Å². The van der Waals surface area contributed by atoms with Crippen LogP contribution in [-0.2, 0) is 10.0 Å². The van der Waals surface area contributed by atoms with Crippen LogP contribution in [-0.4, -0.2) is 32.3 Å². The Kier molecular flexibility index (Phi) is 6.08. The fraction of sp³-hybridized carbons (Fsp3) is 0.409. The van der Waals surface area contributed by atoms with Crippen LogP contribution in [0.1, 0.15) is 48.5 Å². The van der Waals surface area contributed by atoms with Crippen LogP contribution in [0.2, 0.25) is 0 Å². The second-order valence-corrected chi connectivity index (χ2v) is 9.51. The van der Waals surface area contributed by atoms with Crippen molar-refractivity contribution in [2.45, 2.75) is 50.5 Å². The highest BCUT2D eigenvalue weighted by molar-refractivity contribution is 7.92. The van der Waals surface area contributed by atoms with Crippen LogP contribution < -0.4 is 4.72 Å². The van der Waals surface area contributed by atoms with Gasteiger partial charge in [0.05, 0.1) is 4.90 Å². The maximum Gasteiger partial charge on any atom is 0.261 e. The summed E-state index contributed by atoms with van der Waals surface area (Å²) in [5.74, 6) is 0.577. The van der Waals surface area contributed by atoms with Gasteiger partial charge in [-0.05, 0) is 74.4 Å². The standard InChI is InChI=1S/C22H28N2O3S/c1-16-10-12-20(13-11-16)24(3)22(25)18-7-5-9-21(15-18)28(26,27)23-19-8-4-6-17(2)14-19/h4-9,14-16,20,23H,10-13H2,1-3H3. The lowest BCUT2D eigenvalue weighted by molar-refractivity contribution is 0.0679. The zero-order valence-electron chi connectivity index (χ0n) is 16.7. The summed E-state index contributed by atoms with van der Waals surface area (Å²) in [7, 11) is -1.95. The van der Waals surface area contributed by atoms with E-state index in [1.54, 1.807) is 35.2 Å². The van der Waals surface area contributed by atoms with E-state index in [1.807, 2.05) is 20.0 Å². The van der Waals surface area contributed by atoms with Crippen LogP contribution in [0.15, 0.2) is 53.4 Å². The van der Waals surface area contributed by atoms with Gasteiger partial charge >= 0.3 is 0 Å². The van der Waals surface area contributed by atoms with Crippen molar-refractivity contribution in [2.24, 2.45) is 5.92 Å². The molecule has 6 heteroatoms. The summed E-state index contributed by atoms with van der Waals surface area (Å²) >= 11 is 0. The van der Waals surface area contributed by atoms with Gasteiger partial charge in [0.15, 0.2) is 0 Å². The first-order valence-electron chi connectivity index (χ1n) is 9.73. The summed E-state index contributed by atoms with van der Waals surface area (Å²) < 4.78 is 28.1. The molecule has 0 heterocycles. The summed E-state index contributed by atoms with van der Waals surface area (Å²) in [5, 5.41) is 0. The molecule has 0 bridgehead atoms.